The number of carbonyl (C=O) groups excluding carboxylic acids is 1. The molecule has 36 heavy (non-hydrogen) atoms. The molecule has 2 saturated heterocycles. The molecule has 0 spiro atoms. The van der Waals surface area contributed by atoms with Gasteiger partial charge in [0.1, 0.15) is 18.9 Å². The van der Waals surface area contributed by atoms with Gasteiger partial charge in [-0.15, -0.1) is 0 Å². The number of ether oxygens (including phenoxy) is 2. The number of rotatable bonds is 20. The van der Waals surface area contributed by atoms with Crippen molar-refractivity contribution < 1.29 is 24.5 Å². The minimum Gasteiger partial charge on any atom is -0.447 e. The third-order valence-corrected chi connectivity index (χ3v) is 8.51. The Bertz CT molecular complexity index is 574. The van der Waals surface area contributed by atoms with E-state index in [0.717, 1.165) is 38.5 Å². The summed E-state index contributed by atoms with van der Waals surface area (Å²) in [6, 6.07) is -0.00199. The zero-order chi connectivity index (χ0) is 26.2. The van der Waals surface area contributed by atoms with Gasteiger partial charge in [-0.25, -0.2) is 4.79 Å². The SMILES string of the molecule is CCCCCCCCCCCCC[C@H]1[C@H](O)[C@@H](CO)O[C@@H](N2C(=O)OC[C@H]2CC)[C@@H]1CCCCCC. The van der Waals surface area contributed by atoms with E-state index in [2.05, 4.69) is 20.8 Å². The molecule has 0 aromatic carbocycles. The van der Waals surface area contributed by atoms with Crippen LogP contribution in [-0.2, 0) is 9.47 Å². The molecular formula is C30H57NO5. The van der Waals surface area contributed by atoms with E-state index in [1.807, 2.05) is 0 Å². The molecule has 6 atom stereocenters. The van der Waals surface area contributed by atoms with E-state index in [9.17, 15) is 15.0 Å². The number of nitrogens with zero attached hydrogens (tertiary/aromatic N) is 1. The Hall–Kier alpha value is -0.850. The topological polar surface area (TPSA) is 79.2 Å². The molecular weight excluding hydrogens is 454 g/mol. The molecule has 1 amide bonds. The van der Waals surface area contributed by atoms with Crippen molar-refractivity contribution in [3.05, 3.63) is 0 Å². The van der Waals surface area contributed by atoms with Crippen LogP contribution in [0.15, 0.2) is 0 Å². The smallest absolute Gasteiger partial charge is 0.412 e. The van der Waals surface area contributed by atoms with E-state index in [4.69, 9.17) is 9.47 Å². The molecule has 0 aromatic heterocycles. The van der Waals surface area contributed by atoms with Crippen LogP contribution in [0.3, 0.4) is 0 Å². The first-order valence-electron chi connectivity index (χ1n) is 15.5. The average molecular weight is 512 g/mol. The molecule has 2 fully saturated rings. The molecule has 0 unspecified atom stereocenters. The van der Waals surface area contributed by atoms with E-state index in [1.165, 1.54) is 77.0 Å². The van der Waals surface area contributed by atoms with Crippen molar-refractivity contribution in [3.8, 4) is 0 Å². The van der Waals surface area contributed by atoms with Gasteiger partial charge in [0.2, 0.25) is 0 Å². The molecule has 0 radical (unpaired) electrons. The van der Waals surface area contributed by atoms with Crippen LogP contribution in [0.4, 0.5) is 4.79 Å². The highest BCUT2D eigenvalue weighted by atomic mass is 16.6. The molecule has 2 aliphatic heterocycles. The van der Waals surface area contributed by atoms with Gasteiger partial charge in [0.25, 0.3) is 0 Å². The summed E-state index contributed by atoms with van der Waals surface area (Å²) < 4.78 is 11.7. The molecule has 2 N–H and O–H groups in total. The van der Waals surface area contributed by atoms with E-state index >= 15 is 0 Å². The lowest BCUT2D eigenvalue weighted by Crippen LogP contribution is -2.59. The summed E-state index contributed by atoms with van der Waals surface area (Å²) in [5, 5.41) is 21.2. The van der Waals surface area contributed by atoms with Gasteiger partial charge < -0.3 is 19.7 Å². The van der Waals surface area contributed by atoms with Crippen LogP contribution < -0.4 is 0 Å². The standard InChI is InChI=1S/C30H57NO5/c1-4-7-9-11-12-13-14-15-16-17-19-20-25-26(21-18-10-8-5-2)29(36-27(22-32)28(25)33)31-24(6-3)23-35-30(31)34/h24-29,32-33H,4-23H2,1-3H3/t24-,25-,26-,27-,28+,29-/m1/s1. The van der Waals surface area contributed by atoms with Crippen molar-refractivity contribution in [2.24, 2.45) is 11.8 Å². The summed E-state index contributed by atoms with van der Waals surface area (Å²) >= 11 is 0. The number of hydrogen-bond donors (Lipinski definition) is 2. The maximum absolute atomic E-state index is 12.7. The van der Waals surface area contributed by atoms with Crippen LogP contribution in [0.5, 0.6) is 0 Å². The van der Waals surface area contributed by atoms with Crippen LogP contribution >= 0.6 is 0 Å². The highest BCUT2D eigenvalue weighted by molar-refractivity contribution is 5.70. The van der Waals surface area contributed by atoms with Crippen molar-refractivity contribution in [2.45, 2.75) is 161 Å². The van der Waals surface area contributed by atoms with E-state index in [0.29, 0.717) is 6.61 Å². The second-order valence-corrected chi connectivity index (χ2v) is 11.3. The highest BCUT2D eigenvalue weighted by Crippen LogP contribution is 2.41. The van der Waals surface area contributed by atoms with Crippen LogP contribution in [0, 0.1) is 11.8 Å². The summed E-state index contributed by atoms with van der Waals surface area (Å²) in [5.41, 5.74) is 0. The van der Waals surface area contributed by atoms with Crippen LogP contribution in [0.1, 0.15) is 136 Å². The summed E-state index contributed by atoms with van der Waals surface area (Å²) in [6.07, 6.45) is 19.5. The fourth-order valence-corrected chi connectivity index (χ4v) is 6.21. The number of unbranched alkanes of at least 4 members (excludes halogenated alkanes) is 13. The zero-order valence-electron chi connectivity index (χ0n) is 23.7. The van der Waals surface area contributed by atoms with Crippen LogP contribution in [0.25, 0.3) is 0 Å². The summed E-state index contributed by atoms with van der Waals surface area (Å²) in [7, 11) is 0. The first kappa shape index (κ1) is 31.4. The molecule has 0 saturated carbocycles. The van der Waals surface area contributed by atoms with E-state index < -0.39 is 18.4 Å². The van der Waals surface area contributed by atoms with Gasteiger partial charge in [-0.3, -0.25) is 4.90 Å². The van der Waals surface area contributed by atoms with Crippen molar-refractivity contribution in [1.29, 1.82) is 0 Å². The number of carbonyl (C=O) groups is 1. The largest absolute Gasteiger partial charge is 0.447 e. The summed E-state index contributed by atoms with van der Waals surface area (Å²) in [6.45, 7) is 6.71. The molecule has 6 heteroatoms. The Labute approximate surface area is 221 Å². The molecule has 0 aliphatic carbocycles. The lowest BCUT2D eigenvalue weighted by Gasteiger charge is -2.48. The minimum atomic E-state index is -0.691. The number of aliphatic hydroxyl groups is 2. The number of cyclic esters (lactones) is 1. The highest BCUT2D eigenvalue weighted by Gasteiger charge is 2.50. The molecule has 0 aromatic rings. The molecule has 2 rings (SSSR count). The van der Waals surface area contributed by atoms with Gasteiger partial charge in [-0.2, -0.15) is 0 Å². The van der Waals surface area contributed by atoms with Gasteiger partial charge >= 0.3 is 6.09 Å². The second kappa shape index (κ2) is 18.4. The normalized spacial score (nSPS) is 28.6. The summed E-state index contributed by atoms with van der Waals surface area (Å²) in [4.78, 5) is 14.5. The Morgan fingerprint density at radius 2 is 1.28 bits per heavy atom. The molecule has 212 valence electrons. The monoisotopic (exact) mass is 511 g/mol. The third-order valence-electron chi connectivity index (χ3n) is 8.51. The first-order valence-corrected chi connectivity index (χ1v) is 15.5. The van der Waals surface area contributed by atoms with Gasteiger partial charge in [0.15, 0.2) is 0 Å². The minimum absolute atomic E-state index is 0.00199. The fourth-order valence-electron chi connectivity index (χ4n) is 6.21. The molecule has 2 heterocycles. The van der Waals surface area contributed by atoms with Crippen molar-refractivity contribution >= 4 is 6.09 Å². The molecule has 6 nitrogen and oxygen atoms in total. The van der Waals surface area contributed by atoms with Crippen LogP contribution in [-0.4, -0.2) is 58.9 Å². The van der Waals surface area contributed by atoms with Gasteiger partial charge in [0.05, 0.1) is 18.8 Å². The fraction of sp³-hybridized carbons (Fsp3) is 0.967. The zero-order valence-corrected chi connectivity index (χ0v) is 23.7. The predicted octanol–water partition coefficient (Wildman–Crippen LogP) is 7.20. The Balaban J connectivity index is 1.93. The van der Waals surface area contributed by atoms with Gasteiger partial charge in [0, 0.05) is 5.92 Å². The lowest BCUT2D eigenvalue weighted by molar-refractivity contribution is -0.227. The maximum atomic E-state index is 12.7. The first-order chi connectivity index (χ1) is 17.6. The van der Waals surface area contributed by atoms with Crippen LogP contribution in [0.2, 0.25) is 0 Å². The summed E-state index contributed by atoms with van der Waals surface area (Å²) in [5.74, 6) is 0.106. The maximum Gasteiger partial charge on any atom is 0.412 e. The van der Waals surface area contributed by atoms with Crippen molar-refractivity contribution in [2.75, 3.05) is 13.2 Å². The Kier molecular flexibility index (Phi) is 16.0. The molecule has 0 bridgehead atoms. The third kappa shape index (κ3) is 9.79. The molecule has 2 aliphatic rings. The van der Waals surface area contributed by atoms with Gasteiger partial charge in [-0.05, 0) is 25.2 Å². The quantitative estimate of drug-likeness (QED) is 0.169. The predicted molar refractivity (Wildman–Crippen MR) is 146 cm³/mol. The van der Waals surface area contributed by atoms with Gasteiger partial charge in [-0.1, -0.05) is 117 Å². The average Bonchev–Trinajstić information content (AvgIpc) is 3.26. The van der Waals surface area contributed by atoms with E-state index in [1.54, 1.807) is 4.90 Å². The second-order valence-electron chi connectivity index (χ2n) is 11.3. The number of aliphatic hydroxyl groups excluding tert-OH is 2. The number of hydrogen-bond acceptors (Lipinski definition) is 5. The Morgan fingerprint density at radius 1 is 0.778 bits per heavy atom. The van der Waals surface area contributed by atoms with Crippen molar-refractivity contribution in [3.63, 3.8) is 0 Å². The van der Waals surface area contributed by atoms with E-state index in [-0.39, 0.29) is 30.6 Å². The number of amides is 1. The Morgan fingerprint density at radius 3 is 1.81 bits per heavy atom. The van der Waals surface area contributed by atoms with Crippen molar-refractivity contribution in [1.82, 2.24) is 4.90 Å². The lowest BCUT2D eigenvalue weighted by atomic mass is 9.75.